The number of halogens is 3. The van der Waals surface area contributed by atoms with Crippen LogP contribution in [0.1, 0.15) is 19.2 Å². The Bertz CT molecular complexity index is 573. The first-order valence-electron chi connectivity index (χ1n) is 6.19. The fourth-order valence-electron chi connectivity index (χ4n) is 1.80. The molecule has 0 aliphatic carbocycles. The first-order chi connectivity index (χ1) is 9.55. The molecule has 7 heteroatoms. The van der Waals surface area contributed by atoms with Crippen molar-refractivity contribution in [2.45, 2.75) is 25.8 Å². The molecule has 1 aromatic heterocycles. The highest BCUT2D eigenvalue weighted by molar-refractivity contribution is 5.54. The topological polar surface area (TPSA) is 51.0 Å². The van der Waals surface area contributed by atoms with Gasteiger partial charge in [0.15, 0.2) is 17.5 Å². The van der Waals surface area contributed by atoms with Crippen molar-refractivity contribution < 1.29 is 17.7 Å². The van der Waals surface area contributed by atoms with Crippen LogP contribution in [-0.4, -0.2) is 23.2 Å². The van der Waals surface area contributed by atoms with Crippen LogP contribution in [0.3, 0.4) is 0 Å². The van der Waals surface area contributed by atoms with E-state index < -0.39 is 17.5 Å². The molecule has 1 atom stereocenters. The molecule has 0 amide bonds. The summed E-state index contributed by atoms with van der Waals surface area (Å²) in [7, 11) is 1.82. The Morgan fingerprint density at radius 1 is 1.25 bits per heavy atom. The van der Waals surface area contributed by atoms with E-state index in [9.17, 15) is 13.2 Å². The van der Waals surface area contributed by atoms with Gasteiger partial charge in [0.1, 0.15) is 0 Å². The molecule has 4 nitrogen and oxygen atoms in total. The molecule has 0 bridgehead atoms. The van der Waals surface area contributed by atoms with Crippen LogP contribution in [0.15, 0.2) is 16.7 Å². The summed E-state index contributed by atoms with van der Waals surface area (Å²) in [4.78, 5) is 4.05. The molecule has 0 fully saturated rings. The lowest BCUT2D eigenvalue weighted by atomic mass is 10.1. The Hall–Kier alpha value is -1.89. The van der Waals surface area contributed by atoms with Crippen LogP contribution in [0.2, 0.25) is 0 Å². The Labute approximate surface area is 114 Å². The summed E-state index contributed by atoms with van der Waals surface area (Å²) in [6.07, 6.45) is 1.38. The number of aromatic nitrogens is 2. The van der Waals surface area contributed by atoms with Gasteiger partial charge in [-0.1, -0.05) is 12.1 Å². The maximum Gasteiger partial charge on any atom is 0.228 e. The number of hydrogen-bond donors (Lipinski definition) is 1. The summed E-state index contributed by atoms with van der Waals surface area (Å²) in [5.41, 5.74) is 0.0360. The van der Waals surface area contributed by atoms with E-state index in [0.717, 1.165) is 18.6 Å². The largest absolute Gasteiger partial charge is 0.339 e. The summed E-state index contributed by atoms with van der Waals surface area (Å²) in [5, 5.41) is 6.73. The Kier molecular flexibility index (Phi) is 4.39. The Morgan fingerprint density at radius 3 is 2.45 bits per heavy atom. The first kappa shape index (κ1) is 14.5. The smallest absolute Gasteiger partial charge is 0.228 e. The summed E-state index contributed by atoms with van der Waals surface area (Å²) < 4.78 is 44.2. The third-order valence-corrected chi connectivity index (χ3v) is 3.03. The van der Waals surface area contributed by atoms with E-state index in [2.05, 4.69) is 15.5 Å². The monoisotopic (exact) mass is 285 g/mol. The molecule has 1 heterocycles. The lowest BCUT2D eigenvalue weighted by molar-refractivity contribution is 0.359. The van der Waals surface area contributed by atoms with Gasteiger partial charge in [0.2, 0.25) is 11.7 Å². The van der Waals surface area contributed by atoms with E-state index in [-0.39, 0.29) is 17.4 Å². The molecule has 20 heavy (non-hydrogen) atoms. The minimum atomic E-state index is -1.52. The molecule has 0 radical (unpaired) electrons. The van der Waals surface area contributed by atoms with E-state index in [1.54, 1.807) is 0 Å². The normalized spacial score (nSPS) is 12.7. The van der Waals surface area contributed by atoms with Crippen LogP contribution >= 0.6 is 0 Å². The van der Waals surface area contributed by atoms with Gasteiger partial charge in [0.05, 0.1) is 0 Å². The molecule has 2 aromatic rings. The minimum Gasteiger partial charge on any atom is -0.339 e. The summed E-state index contributed by atoms with van der Waals surface area (Å²) in [5.74, 6) is -3.70. The molecule has 0 aliphatic heterocycles. The molecule has 1 unspecified atom stereocenters. The minimum absolute atomic E-state index is 0.0313. The second-order valence-corrected chi connectivity index (χ2v) is 4.36. The van der Waals surface area contributed by atoms with Gasteiger partial charge in [0.25, 0.3) is 0 Å². The Morgan fingerprint density at radius 2 is 1.90 bits per heavy atom. The maximum atomic E-state index is 13.1. The maximum absolute atomic E-state index is 13.1. The third kappa shape index (κ3) is 2.98. The lowest BCUT2D eigenvalue weighted by Crippen LogP contribution is -2.26. The number of hydrogen-bond acceptors (Lipinski definition) is 4. The van der Waals surface area contributed by atoms with Crippen molar-refractivity contribution >= 4 is 0 Å². The predicted octanol–water partition coefficient (Wildman–Crippen LogP) is 2.69. The highest BCUT2D eigenvalue weighted by Crippen LogP contribution is 2.21. The fraction of sp³-hybridized carbons (Fsp3) is 0.385. The molecule has 0 spiro atoms. The fourth-order valence-corrected chi connectivity index (χ4v) is 1.80. The standard InChI is InChI=1S/C13H14F3N3O/c1-3-8(17-2)6-11-18-13(19-20-11)7-4-9(14)12(16)10(15)5-7/h4-5,8,17H,3,6H2,1-2H3. The number of nitrogens with zero attached hydrogens (tertiary/aromatic N) is 2. The van der Waals surface area contributed by atoms with Crippen molar-refractivity contribution in [2.24, 2.45) is 0 Å². The molecule has 108 valence electrons. The summed E-state index contributed by atoms with van der Waals surface area (Å²) >= 11 is 0. The van der Waals surface area contributed by atoms with Crippen LogP contribution < -0.4 is 5.32 Å². The first-order valence-corrected chi connectivity index (χ1v) is 6.19. The third-order valence-electron chi connectivity index (χ3n) is 3.03. The van der Waals surface area contributed by atoms with Gasteiger partial charge in [0, 0.05) is 18.0 Å². The van der Waals surface area contributed by atoms with E-state index in [4.69, 9.17) is 4.52 Å². The molecule has 2 rings (SSSR count). The number of benzene rings is 1. The van der Waals surface area contributed by atoms with Gasteiger partial charge in [-0.15, -0.1) is 0 Å². The van der Waals surface area contributed by atoms with Crippen LogP contribution in [0.5, 0.6) is 0 Å². The van der Waals surface area contributed by atoms with Crippen molar-refractivity contribution in [2.75, 3.05) is 7.05 Å². The highest BCUT2D eigenvalue weighted by atomic mass is 19.2. The van der Waals surface area contributed by atoms with Crippen LogP contribution in [-0.2, 0) is 6.42 Å². The zero-order valence-electron chi connectivity index (χ0n) is 11.1. The Balaban J connectivity index is 2.24. The van der Waals surface area contributed by atoms with Gasteiger partial charge in [-0.25, -0.2) is 13.2 Å². The molecular formula is C13H14F3N3O. The number of nitrogens with one attached hydrogen (secondary N) is 1. The van der Waals surface area contributed by atoms with Gasteiger partial charge in [-0.3, -0.25) is 0 Å². The zero-order chi connectivity index (χ0) is 14.7. The van der Waals surface area contributed by atoms with Crippen LogP contribution in [0.25, 0.3) is 11.4 Å². The average molecular weight is 285 g/mol. The lowest BCUT2D eigenvalue weighted by Gasteiger charge is -2.09. The molecular weight excluding hydrogens is 271 g/mol. The number of rotatable bonds is 5. The van der Waals surface area contributed by atoms with E-state index in [0.29, 0.717) is 12.3 Å². The van der Waals surface area contributed by atoms with Gasteiger partial charge in [-0.05, 0) is 25.6 Å². The van der Waals surface area contributed by atoms with Crippen molar-refractivity contribution in [3.8, 4) is 11.4 Å². The number of likely N-dealkylation sites (N-methyl/N-ethyl adjacent to an activating group) is 1. The molecule has 1 N–H and O–H groups in total. The molecule has 1 aromatic carbocycles. The van der Waals surface area contributed by atoms with Crippen LogP contribution in [0.4, 0.5) is 13.2 Å². The van der Waals surface area contributed by atoms with E-state index in [1.165, 1.54) is 0 Å². The van der Waals surface area contributed by atoms with Crippen molar-refractivity contribution in [1.29, 1.82) is 0 Å². The van der Waals surface area contributed by atoms with E-state index in [1.807, 2.05) is 14.0 Å². The second-order valence-electron chi connectivity index (χ2n) is 4.36. The summed E-state index contributed by atoms with van der Waals surface area (Å²) in [6, 6.07) is 1.84. The van der Waals surface area contributed by atoms with Crippen LogP contribution in [0, 0.1) is 17.5 Å². The second kappa shape index (κ2) is 6.04. The molecule has 0 aliphatic rings. The van der Waals surface area contributed by atoms with Gasteiger partial charge < -0.3 is 9.84 Å². The molecule has 0 saturated carbocycles. The SMILES string of the molecule is CCC(Cc1nc(-c2cc(F)c(F)c(F)c2)no1)NC. The quantitative estimate of drug-likeness (QED) is 0.858. The van der Waals surface area contributed by atoms with Crippen molar-refractivity contribution in [1.82, 2.24) is 15.5 Å². The van der Waals surface area contributed by atoms with Gasteiger partial charge in [-0.2, -0.15) is 4.98 Å². The highest BCUT2D eigenvalue weighted by Gasteiger charge is 2.16. The zero-order valence-corrected chi connectivity index (χ0v) is 11.1. The van der Waals surface area contributed by atoms with E-state index >= 15 is 0 Å². The average Bonchev–Trinajstić information content (AvgIpc) is 2.90. The van der Waals surface area contributed by atoms with Gasteiger partial charge >= 0.3 is 0 Å². The summed E-state index contributed by atoms with van der Waals surface area (Å²) in [6.45, 7) is 2.00. The molecule has 0 saturated heterocycles. The van der Waals surface area contributed by atoms with Crippen molar-refractivity contribution in [3.05, 3.63) is 35.5 Å². The van der Waals surface area contributed by atoms with Crippen molar-refractivity contribution in [3.63, 3.8) is 0 Å². The predicted molar refractivity (Wildman–Crippen MR) is 66.5 cm³/mol.